The Kier molecular flexibility index (Phi) is 5.02. The molecule has 0 spiro atoms. The van der Waals surface area contributed by atoms with Gasteiger partial charge in [0.15, 0.2) is 0 Å². The molecule has 2 heterocycles. The summed E-state index contributed by atoms with van der Waals surface area (Å²) >= 11 is 0. The van der Waals surface area contributed by atoms with Gasteiger partial charge < -0.3 is 4.74 Å². The molecule has 0 aliphatic carbocycles. The second kappa shape index (κ2) is 6.83. The van der Waals surface area contributed by atoms with Crippen LogP contribution in [0.25, 0.3) is 0 Å². The summed E-state index contributed by atoms with van der Waals surface area (Å²) < 4.78 is 34.1. The van der Waals surface area contributed by atoms with E-state index in [0.717, 1.165) is 11.8 Å². The third kappa shape index (κ3) is 4.36. The van der Waals surface area contributed by atoms with E-state index >= 15 is 0 Å². The smallest absolute Gasteiger partial charge is 0.410 e. The second-order valence-electron chi connectivity index (χ2n) is 7.94. The average Bonchev–Trinajstić information content (AvgIpc) is 2.74. The van der Waals surface area contributed by atoms with Crippen LogP contribution in [0, 0.1) is 0 Å². The van der Waals surface area contributed by atoms with Gasteiger partial charge in [0.25, 0.3) is 10.1 Å². The zero-order chi connectivity index (χ0) is 19.1. The molecule has 1 aromatic carbocycles. The highest BCUT2D eigenvalue weighted by Crippen LogP contribution is 2.36. The molecule has 1 aromatic rings. The van der Waals surface area contributed by atoms with E-state index in [0.29, 0.717) is 13.1 Å². The molecule has 0 unspecified atom stereocenters. The molecule has 0 N–H and O–H groups in total. The van der Waals surface area contributed by atoms with Gasteiger partial charge in [-0.1, -0.05) is 30.3 Å². The summed E-state index contributed by atoms with van der Waals surface area (Å²) in [7, 11) is -3.62. The number of hydrogen-bond donors (Lipinski definition) is 0. The lowest BCUT2D eigenvalue weighted by Gasteiger charge is -2.47. The molecular weight excluding hydrogens is 356 g/mol. The minimum Gasteiger partial charge on any atom is -0.444 e. The topological polar surface area (TPSA) is 76.1 Å². The summed E-state index contributed by atoms with van der Waals surface area (Å²) in [6, 6.07) is 9.70. The molecule has 144 valence electrons. The summed E-state index contributed by atoms with van der Waals surface area (Å²) in [4.78, 5) is 16.3. The van der Waals surface area contributed by atoms with Gasteiger partial charge in [0.2, 0.25) is 0 Å². The number of likely N-dealkylation sites (tertiary alicyclic amines) is 2. The molecule has 0 aromatic heterocycles. The third-order valence-corrected chi connectivity index (χ3v) is 5.15. The van der Waals surface area contributed by atoms with Crippen LogP contribution in [0.3, 0.4) is 0 Å². The standard InChI is InChI=1S/C18H26N2O5S/c1-18(2,3)24-17(21)20-12-15(25-26(4,22)23)16-14(20)11-19(16)10-13-8-6-5-7-9-13/h5-9,14-16H,10-12H2,1-4H3/t14-,15+,16+/m0/s1. The molecule has 2 fully saturated rings. The highest BCUT2D eigenvalue weighted by molar-refractivity contribution is 7.86. The fourth-order valence-electron chi connectivity index (χ4n) is 3.61. The minimum absolute atomic E-state index is 0.0969. The molecule has 3 atom stereocenters. The number of carbonyl (C=O) groups excluding carboxylic acids is 1. The van der Waals surface area contributed by atoms with Gasteiger partial charge in [-0.05, 0) is 26.3 Å². The van der Waals surface area contributed by atoms with Crippen LogP contribution < -0.4 is 0 Å². The first kappa shape index (κ1) is 19.1. The van der Waals surface area contributed by atoms with E-state index in [1.165, 1.54) is 0 Å². The molecule has 26 heavy (non-hydrogen) atoms. The first-order valence-electron chi connectivity index (χ1n) is 8.69. The van der Waals surface area contributed by atoms with Crippen molar-refractivity contribution in [2.24, 2.45) is 0 Å². The zero-order valence-electron chi connectivity index (χ0n) is 15.6. The van der Waals surface area contributed by atoms with Crippen molar-refractivity contribution in [1.82, 2.24) is 9.80 Å². The van der Waals surface area contributed by atoms with Crippen LogP contribution in [0.4, 0.5) is 4.79 Å². The van der Waals surface area contributed by atoms with Crippen LogP contribution in [-0.4, -0.2) is 67.4 Å². The van der Waals surface area contributed by atoms with E-state index in [1.807, 2.05) is 51.1 Å². The number of rotatable bonds is 4. The monoisotopic (exact) mass is 382 g/mol. The summed E-state index contributed by atoms with van der Waals surface area (Å²) in [5.74, 6) is 0. The van der Waals surface area contributed by atoms with Crippen molar-refractivity contribution in [3.63, 3.8) is 0 Å². The van der Waals surface area contributed by atoms with Gasteiger partial charge in [-0.15, -0.1) is 0 Å². The van der Waals surface area contributed by atoms with Crippen LogP contribution in [0.15, 0.2) is 30.3 Å². The fourth-order valence-corrected chi connectivity index (χ4v) is 4.23. The number of hydrogen-bond acceptors (Lipinski definition) is 6. The molecule has 1 amide bonds. The Morgan fingerprint density at radius 3 is 2.42 bits per heavy atom. The molecule has 3 rings (SSSR count). The van der Waals surface area contributed by atoms with E-state index in [1.54, 1.807) is 4.90 Å². The van der Waals surface area contributed by atoms with Crippen molar-refractivity contribution in [3.05, 3.63) is 35.9 Å². The largest absolute Gasteiger partial charge is 0.444 e. The molecule has 0 bridgehead atoms. The molecule has 2 saturated heterocycles. The van der Waals surface area contributed by atoms with Crippen molar-refractivity contribution in [1.29, 1.82) is 0 Å². The van der Waals surface area contributed by atoms with E-state index in [2.05, 4.69) is 4.90 Å². The Labute approximate surface area is 155 Å². The Hall–Kier alpha value is -1.64. The maximum Gasteiger partial charge on any atom is 0.410 e. The van der Waals surface area contributed by atoms with E-state index in [-0.39, 0.29) is 18.6 Å². The van der Waals surface area contributed by atoms with Crippen molar-refractivity contribution in [2.75, 3.05) is 19.3 Å². The van der Waals surface area contributed by atoms with E-state index < -0.39 is 27.9 Å². The number of amides is 1. The van der Waals surface area contributed by atoms with Gasteiger partial charge in [0.1, 0.15) is 11.7 Å². The Morgan fingerprint density at radius 2 is 1.85 bits per heavy atom. The number of carbonyl (C=O) groups is 1. The van der Waals surface area contributed by atoms with Gasteiger partial charge in [-0.2, -0.15) is 8.42 Å². The second-order valence-corrected chi connectivity index (χ2v) is 9.55. The average molecular weight is 382 g/mol. The van der Waals surface area contributed by atoms with Crippen LogP contribution in [0.5, 0.6) is 0 Å². The van der Waals surface area contributed by atoms with Crippen LogP contribution in [0.1, 0.15) is 26.3 Å². The normalized spacial score (nSPS) is 26.3. The predicted octanol–water partition coefficient (Wildman–Crippen LogP) is 1.83. The highest BCUT2D eigenvalue weighted by atomic mass is 32.2. The molecular formula is C18H26N2O5S. The molecule has 8 heteroatoms. The van der Waals surface area contributed by atoms with Crippen molar-refractivity contribution < 1.29 is 22.1 Å². The van der Waals surface area contributed by atoms with E-state index in [9.17, 15) is 13.2 Å². The van der Waals surface area contributed by atoms with Crippen molar-refractivity contribution >= 4 is 16.2 Å². The maximum atomic E-state index is 12.5. The summed E-state index contributed by atoms with van der Waals surface area (Å²) in [5, 5.41) is 0. The number of ether oxygens (including phenoxy) is 1. The predicted molar refractivity (Wildman–Crippen MR) is 97.1 cm³/mol. The maximum absolute atomic E-state index is 12.5. The number of nitrogens with zero attached hydrogens (tertiary/aromatic N) is 2. The van der Waals surface area contributed by atoms with Gasteiger partial charge in [-0.3, -0.25) is 14.0 Å². The van der Waals surface area contributed by atoms with Crippen LogP contribution >= 0.6 is 0 Å². The SMILES string of the molecule is CC(C)(C)OC(=O)N1C[C@@H](OS(C)(=O)=O)[C@H]2[C@@H]1CN2Cc1ccccc1. The first-order valence-corrected chi connectivity index (χ1v) is 10.5. The number of benzene rings is 1. The number of fused-ring (bicyclic) bond motifs is 1. The summed E-state index contributed by atoms with van der Waals surface area (Å²) in [6.07, 6.45) is 0.0321. The molecule has 0 saturated carbocycles. The lowest BCUT2D eigenvalue weighted by molar-refractivity contribution is -0.0249. The highest BCUT2D eigenvalue weighted by Gasteiger charge is 2.56. The van der Waals surface area contributed by atoms with Crippen molar-refractivity contribution in [3.8, 4) is 0 Å². The van der Waals surface area contributed by atoms with Crippen molar-refractivity contribution in [2.45, 2.75) is 51.1 Å². The van der Waals surface area contributed by atoms with Crippen LogP contribution in [0.2, 0.25) is 0 Å². The third-order valence-electron chi connectivity index (χ3n) is 4.55. The Morgan fingerprint density at radius 1 is 1.19 bits per heavy atom. The summed E-state index contributed by atoms with van der Waals surface area (Å²) in [6.45, 7) is 7.00. The zero-order valence-corrected chi connectivity index (χ0v) is 16.4. The van der Waals surface area contributed by atoms with E-state index in [4.69, 9.17) is 8.92 Å². The lowest BCUT2D eigenvalue weighted by Crippen LogP contribution is -2.64. The van der Waals surface area contributed by atoms with Gasteiger partial charge in [-0.25, -0.2) is 4.79 Å². The first-order chi connectivity index (χ1) is 12.0. The van der Waals surface area contributed by atoms with Gasteiger partial charge >= 0.3 is 6.09 Å². The molecule has 7 nitrogen and oxygen atoms in total. The molecule has 2 aliphatic rings. The van der Waals surface area contributed by atoms with Crippen LogP contribution in [-0.2, 0) is 25.6 Å². The molecule has 0 radical (unpaired) electrons. The Balaban J connectivity index is 1.75. The fraction of sp³-hybridized carbons (Fsp3) is 0.611. The Bertz CT molecular complexity index is 760. The minimum atomic E-state index is -3.62. The van der Waals surface area contributed by atoms with Gasteiger partial charge in [0, 0.05) is 13.1 Å². The lowest BCUT2D eigenvalue weighted by atomic mass is 9.94. The van der Waals surface area contributed by atoms with Gasteiger partial charge in [0.05, 0.1) is 24.9 Å². The quantitative estimate of drug-likeness (QED) is 0.740. The molecule has 2 aliphatic heterocycles. The summed E-state index contributed by atoms with van der Waals surface area (Å²) in [5.41, 5.74) is 0.537.